The third-order valence-electron chi connectivity index (χ3n) is 5.20. The van der Waals surface area contributed by atoms with Crippen LogP contribution < -0.4 is 11.1 Å². The molecule has 0 atom stereocenters. The van der Waals surface area contributed by atoms with Crippen LogP contribution in [0, 0.1) is 6.92 Å². The fraction of sp³-hybridized carbons (Fsp3) is 0.0833. The van der Waals surface area contributed by atoms with Gasteiger partial charge < -0.3 is 11.1 Å². The van der Waals surface area contributed by atoms with Crippen LogP contribution in [-0.2, 0) is 6.54 Å². The number of fused-ring (bicyclic) bond motifs is 2. The largest absolute Gasteiger partial charge is 0.383 e. The number of carbonyl (C=O) groups is 1. The zero-order chi connectivity index (χ0) is 22.1. The Kier molecular flexibility index (Phi) is 5.12. The fourth-order valence-electron chi connectivity index (χ4n) is 3.51. The predicted octanol–water partition coefficient (Wildman–Crippen LogP) is 4.35. The van der Waals surface area contributed by atoms with Crippen molar-refractivity contribution >= 4 is 51.5 Å². The molecule has 1 amide bonds. The summed E-state index contributed by atoms with van der Waals surface area (Å²) in [5.74, 6) is -0.112. The van der Waals surface area contributed by atoms with Gasteiger partial charge in [0.15, 0.2) is 5.65 Å². The molecular formula is C24H20N6OS. The zero-order valence-corrected chi connectivity index (χ0v) is 18.1. The van der Waals surface area contributed by atoms with Gasteiger partial charge in [0.1, 0.15) is 16.9 Å². The van der Waals surface area contributed by atoms with Gasteiger partial charge in [-0.1, -0.05) is 42.5 Å². The minimum atomic E-state index is -0.310. The average Bonchev–Trinajstić information content (AvgIpc) is 3.41. The normalized spacial score (nSPS) is 11.5. The molecule has 0 aliphatic rings. The minimum Gasteiger partial charge on any atom is -0.383 e. The number of nitrogens with one attached hydrogen (secondary N) is 1. The Morgan fingerprint density at radius 3 is 2.59 bits per heavy atom. The molecule has 3 aromatic heterocycles. The van der Waals surface area contributed by atoms with Crippen LogP contribution in [0.25, 0.3) is 22.2 Å². The molecule has 3 heterocycles. The van der Waals surface area contributed by atoms with Crippen molar-refractivity contribution in [3.63, 3.8) is 0 Å². The number of rotatable bonds is 5. The summed E-state index contributed by atoms with van der Waals surface area (Å²) in [6.07, 6.45) is 1.72. The topological polar surface area (TPSA) is 98.2 Å². The van der Waals surface area contributed by atoms with E-state index in [1.54, 1.807) is 17.6 Å². The first-order valence-electron chi connectivity index (χ1n) is 10.1. The van der Waals surface area contributed by atoms with Crippen molar-refractivity contribution in [3.8, 4) is 0 Å². The lowest BCUT2D eigenvalue weighted by Crippen LogP contribution is -2.23. The molecule has 0 fully saturated rings. The highest BCUT2D eigenvalue weighted by atomic mass is 32.1. The number of hydrogen-bond donors (Lipinski definition) is 2. The molecule has 5 rings (SSSR count). The van der Waals surface area contributed by atoms with Crippen molar-refractivity contribution in [2.24, 2.45) is 5.10 Å². The molecule has 0 aliphatic carbocycles. The van der Waals surface area contributed by atoms with E-state index in [-0.39, 0.29) is 17.3 Å². The summed E-state index contributed by atoms with van der Waals surface area (Å²) in [6.45, 7) is 2.42. The van der Waals surface area contributed by atoms with Crippen LogP contribution in [0.4, 0.5) is 5.82 Å². The van der Waals surface area contributed by atoms with Crippen molar-refractivity contribution in [2.45, 2.75) is 13.5 Å². The Labute approximate surface area is 188 Å². The van der Waals surface area contributed by atoms with Crippen LogP contribution in [0.2, 0.25) is 0 Å². The second-order valence-electron chi connectivity index (χ2n) is 7.32. The monoisotopic (exact) mass is 440 g/mol. The number of benzene rings is 2. The van der Waals surface area contributed by atoms with Crippen molar-refractivity contribution in [1.82, 2.24) is 20.0 Å². The summed E-state index contributed by atoms with van der Waals surface area (Å²) in [4.78, 5) is 23.6. The Bertz CT molecular complexity index is 1470. The molecule has 3 N–H and O–H groups in total. The summed E-state index contributed by atoms with van der Waals surface area (Å²) in [6, 6.07) is 19.3. The first-order valence-corrected chi connectivity index (χ1v) is 11.0. The molecule has 0 aliphatic heterocycles. The summed E-state index contributed by atoms with van der Waals surface area (Å²) < 4.78 is 1.49. The Morgan fingerprint density at radius 2 is 1.84 bits per heavy atom. The van der Waals surface area contributed by atoms with Gasteiger partial charge in [-0.3, -0.25) is 4.79 Å². The lowest BCUT2D eigenvalue weighted by atomic mass is 10.1. The molecule has 0 unspecified atom stereocenters. The van der Waals surface area contributed by atoms with Crippen molar-refractivity contribution < 1.29 is 4.79 Å². The lowest BCUT2D eigenvalue weighted by Gasteiger charge is -2.04. The average molecular weight is 441 g/mol. The van der Waals surface area contributed by atoms with E-state index >= 15 is 0 Å². The highest BCUT2D eigenvalue weighted by Crippen LogP contribution is 2.28. The number of amides is 1. The second kappa shape index (κ2) is 8.24. The number of carbonyl (C=O) groups excluding carboxylic acids is 1. The maximum Gasteiger partial charge on any atom is 0.257 e. The SMILES string of the molecule is Cc1ccccc1/C=N\n1c(N)c(C(=O)NCc2cccs2)c2nc3ccccc3nc21. The molecule has 0 bridgehead atoms. The van der Waals surface area contributed by atoms with Crippen LogP contribution in [0.3, 0.4) is 0 Å². The first kappa shape index (κ1) is 19.9. The molecular weight excluding hydrogens is 420 g/mol. The lowest BCUT2D eigenvalue weighted by molar-refractivity contribution is 0.0953. The maximum atomic E-state index is 13.1. The van der Waals surface area contributed by atoms with Gasteiger partial charge in [-0.2, -0.15) is 9.78 Å². The van der Waals surface area contributed by atoms with Gasteiger partial charge in [0, 0.05) is 4.88 Å². The van der Waals surface area contributed by atoms with E-state index in [0.29, 0.717) is 28.7 Å². The summed E-state index contributed by atoms with van der Waals surface area (Å²) in [5, 5.41) is 9.48. The van der Waals surface area contributed by atoms with Gasteiger partial charge in [0.05, 0.1) is 23.8 Å². The number of nitrogens with two attached hydrogens (primary N) is 1. The van der Waals surface area contributed by atoms with Gasteiger partial charge in [0.2, 0.25) is 0 Å². The Balaban J connectivity index is 1.64. The van der Waals surface area contributed by atoms with Gasteiger partial charge in [-0.25, -0.2) is 9.97 Å². The molecule has 0 radical (unpaired) electrons. The van der Waals surface area contributed by atoms with E-state index in [0.717, 1.165) is 16.0 Å². The third kappa shape index (κ3) is 3.61. The molecule has 2 aromatic carbocycles. The number of nitrogen functional groups attached to an aromatic ring is 1. The van der Waals surface area contributed by atoms with Gasteiger partial charge in [-0.05, 0) is 41.6 Å². The van der Waals surface area contributed by atoms with E-state index in [1.165, 1.54) is 4.68 Å². The molecule has 0 spiro atoms. The van der Waals surface area contributed by atoms with Crippen LogP contribution in [-0.4, -0.2) is 26.8 Å². The second-order valence-corrected chi connectivity index (χ2v) is 8.35. The smallest absolute Gasteiger partial charge is 0.257 e. The van der Waals surface area contributed by atoms with Crippen LogP contribution in [0.1, 0.15) is 26.4 Å². The molecule has 158 valence electrons. The summed E-state index contributed by atoms with van der Waals surface area (Å²) in [7, 11) is 0. The number of aromatic nitrogens is 3. The van der Waals surface area contributed by atoms with Crippen molar-refractivity contribution in [2.75, 3.05) is 5.73 Å². The van der Waals surface area contributed by atoms with E-state index < -0.39 is 0 Å². The zero-order valence-electron chi connectivity index (χ0n) is 17.3. The molecule has 0 saturated heterocycles. The highest BCUT2D eigenvalue weighted by Gasteiger charge is 2.24. The Hall–Kier alpha value is -4.04. The third-order valence-corrected chi connectivity index (χ3v) is 6.08. The van der Waals surface area contributed by atoms with E-state index in [4.69, 9.17) is 15.7 Å². The van der Waals surface area contributed by atoms with E-state index in [1.807, 2.05) is 73.0 Å². The summed E-state index contributed by atoms with van der Waals surface area (Å²) >= 11 is 1.58. The Morgan fingerprint density at radius 1 is 1.09 bits per heavy atom. The number of thiophene rings is 1. The van der Waals surface area contributed by atoms with Crippen LogP contribution >= 0.6 is 11.3 Å². The minimum absolute atomic E-state index is 0.198. The van der Waals surface area contributed by atoms with E-state index in [9.17, 15) is 4.79 Å². The number of para-hydroxylation sites is 2. The molecule has 7 nitrogen and oxygen atoms in total. The van der Waals surface area contributed by atoms with Crippen molar-refractivity contribution in [1.29, 1.82) is 0 Å². The predicted molar refractivity (Wildman–Crippen MR) is 129 cm³/mol. The molecule has 0 saturated carbocycles. The van der Waals surface area contributed by atoms with Crippen LogP contribution in [0.15, 0.2) is 71.1 Å². The first-order chi connectivity index (χ1) is 15.6. The van der Waals surface area contributed by atoms with Crippen LogP contribution in [0.5, 0.6) is 0 Å². The fourth-order valence-corrected chi connectivity index (χ4v) is 4.15. The summed E-state index contributed by atoms with van der Waals surface area (Å²) in [5.41, 5.74) is 11.0. The number of anilines is 1. The van der Waals surface area contributed by atoms with E-state index in [2.05, 4.69) is 10.4 Å². The van der Waals surface area contributed by atoms with Gasteiger partial charge in [0.25, 0.3) is 5.91 Å². The number of hydrogen-bond acceptors (Lipinski definition) is 6. The van der Waals surface area contributed by atoms with Crippen molar-refractivity contribution in [3.05, 3.63) is 87.6 Å². The van der Waals surface area contributed by atoms with Gasteiger partial charge >= 0.3 is 0 Å². The number of nitrogens with zero attached hydrogens (tertiary/aromatic N) is 4. The molecule has 8 heteroatoms. The quantitative estimate of drug-likeness (QED) is 0.397. The molecule has 32 heavy (non-hydrogen) atoms. The number of aryl methyl sites for hydroxylation is 1. The molecule has 5 aromatic rings. The maximum absolute atomic E-state index is 13.1. The van der Waals surface area contributed by atoms with Gasteiger partial charge in [-0.15, -0.1) is 11.3 Å². The standard InChI is InChI=1S/C24H20N6OS/c1-15-7-2-3-8-16(15)13-27-30-22(25)20(24(31)26-14-17-9-6-12-32-17)21-23(30)29-19-11-5-4-10-18(19)28-21/h2-13H,14,25H2,1H3,(H,26,31)/b27-13-. The highest BCUT2D eigenvalue weighted by molar-refractivity contribution is 7.09.